The quantitative estimate of drug-likeness (QED) is 0.735. The molecule has 3 aliphatic rings. The van der Waals surface area contributed by atoms with Gasteiger partial charge in [-0.3, -0.25) is 4.90 Å². The van der Waals surface area contributed by atoms with Crippen LogP contribution in [-0.2, 0) is 15.9 Å². The molecule has 4 atom stereocenters. The van der Waals surface area contributed by atoms with Crippen molar-refractivity contribution in [3.05, 3.63) is 47.2 Å². The van der Waals surface area contributed by atoms with Gasteiger partial charge in [-0.05, 0) is 56.4 Å². The van der Waals surface area contributed by atoms with Crippen molar-refractivity contribution in [2.45, 2.75) is 44.7 Å². The van der Waals surface area contributed by atoms with Crippen molar-refractivity contribution >= 4 is 10.9 Å². The van der Waals surface area contributed by atoms with Gasteiger partial charge < -0.3 is 14.0 Å². The van der Waals surface area contributed by atoms with E-state index in [4.69, 9.17) is 9.47 Å². The van der Waals surface area contributed by atoms with Crippen LogP contribution < -0.4 is 0 Å². The minimum Gasteiger partial charge on any atom is -0.352 e. The number of allylic oxidation sites excluding steroid dienone is 1. The van der Waals surface area contributed by atoms with E-state index in [1.165, 1.54) is 27.7 Å². The van der Waals surface area contributed by atoms with Crippen LogP contribution in [0.4, 0.5) is 0 Å². The second kappa shape index (κ2) is 5.70. The van der Waals surface area contributed by atoms with E-state index in [0.29, 0.717) is 12.0 Å². The summed E-state index contributed by atoms with van der Waals surface area (Å²) in [6.07, 6.45) is 5.35. The van der Waals surface area contributed by atoms with Crippen molar-refractivity contribution < 1.29 is 9.47 Å². The highest BCUT2D eigenvalue weighted by molar-refractivity contribution is 5.86. The minimum atomic E-state index is -0.226. The van der Waals surface area contributed by atoms with Gasteiger partial charge in [-0.15, -0.1) is 0 Å². The van der Waals surface area contributed by atoms with Crippen molar-refractivity contribution in [2.75, 3.05) is 20.7 Å². The molecule has 0 amide bonds. The monoisotopic (exact) mass is 338 g/mol. The highest BCUT2D eigenvalue weighted by Gasteiger charge is 2.44. The molecule has 3 aliphatic heterocycles. The first-order chi connectivity index (χ1) is 12.2. The van der Waals surface area contributed by atoms with Gasteiger partial charge >= 0.3 is 0 Å². The molecule has 1 fully saturated rings. The largest absolute Gasteiger partial charge is 0.352 e. The predicted molar refractivity (Wildman–Crippen MR) is 98.4 cm³/mol. The van der Waals surface area contributed by atoms with E-state index in [0.717, 1.165) is 25.8 Å². The number of aromatic nitrogens is 1. The average molecular weight is 338 g/mol. The normalized spacial score (nSPS) is 33.5. The molecular weight excluding hydrogens is 312 g/mol. The fourth-order valence-corrected chi connectivity index (χ4v) is 5.31. The summed E-state index contributed by atoms with van der Waals surface area (Å²) < 4.78 is 14.6. The Bertz CT molecular complexity index is 853. The van der Waals surface area contributed by atoms with Gasteiger partial charge in [0.2, 0.25) is 0 Å². The van der Waals surface area contributed by atoms with E-state index >= 15 is 0 Å². The molecule has 0 N–H and O–H groups in total. The molecule has 0 radical (unpaired) electrons. The Morgan fingerprint density at radius 1 is 1.24 bits per heavy atom. The van der Waals surface area contributed by atoms with Crippen molar-refractivity contribution in [3.63, 3.8) is 0 Å². The van der Waals surface area contributed by atoms with E-state index in [9.17, 15) is 0 Å². The van der Waals surface area contributed by atoms with Crippen molar-refractivity contribution in [1.29, 1.82) is 0 Å². The van der Waals surface area contributed by atoms with Crippen LogP contribution >= 0.6 is 0 Å². The van der Waals surface area contributed by atoms with Gasteiger partial charge in [0.25, 0.3) is 0 Å². The lowest BCUT2D eigenvalue weighted by Crippen LogP contribution is -2.34. The smallest absolute Gasteiger partial charge is 0.182 e. The maximum absolute atomic E-state index is 6.44. The van der Waals surface area contributed by atoms with Gasteiger partial charge in [0.1, 0.15) is 6.23 Å². The zero-order valence-corrected chi connectivity index (χ0v) is 15.2. The third kappa shape index (κ3) is 2.11. The van der Waals surface area contributed by atoms with Gasteiger partial charge in [-0.1, -0.05) is 24.3 Å². The molecule has 0 spiro atoms. The Morgan fingerprint density at radius 3 is 2.88 bits per heavy atom. The molecule has 4 heterocycles. The van der Waals surface area contributed by atoms with Gasteiger partial charge in [-0.25, -0.2) is 0 Å². The number of hydrogen-bond acceptors (Lipinski definition) is 3. The summed E-state index contributed by atoms with van der Waals surface area (Å²) in [6, 6.07) is 9.29. The van der Waals surface area contributed by atoms with Crippen LogP contribution in [0.2, 0.25) is 0 Å². The SMILES string of the molecule is C/C=C1\[C@@H]2C[C@H]3c4c(c5ccccc5n4[C@@H](C2)O[C@@H]1OC)CCN3C. The van der Waals surface area contributed by atoms with E-state index in [-0.39, 0.29) is 12.5 Å². The fraction of sp³-hybridized carbons (Fsp3) is 0.524. The van der Waals surface area contributed by atoms with E-state index in [2.05, 4.69) is 53.8 Å². The highest BCUT2D eigenvalue weighted by atomic mass is 16.7. The molecule has 1 aromatic carbocycles. The number of para-hydroxylation sites is 1. The molecule has 132 valence electrons. The molecule has 0 unspecified atom stereocenters. The highest BCUT2D eigenvalue weighted by Crippen LogP contribution is 2.50. The average Bonchev–Trinajstić information content (AvgIpc) is 2.90. The molecule has 2 aromatic rings. The molecule has 4 nitrogen and oxygen atoms in total. The van der Waals surface area contributed by atoms with Crippen LogP contribution in [0.25, 0.3) is 10.9 Å². The number of hydrogen-bond donors (Lipinski definition) is 0. The van der Waals surface area contributed by atoms with Crippen molar-refractivity contribution in [1.82, 2.24) is 9.47 Å². The van der Waals surface area contributed by atoms with E-state index in [1.54, 1.807) is 7.11 Å². The Morgan fingerprint density at radius 2 is 2.08 bits per heavy atom. The summed E-state index contributed by atoms with van der Waals surface area (Å²) in [5.41, 5.74) is 5.65. The number of rotatable bonds is 1. The fourth-order valence-electron chi connectivity index (χ4n) is 5.31. The molecule has 4 heteroatoms. The molecule has 2 bridgehead atoms. The second-order valence-electron chi connectivity index (χ2n) is 7.61. The van der Waals surface area contributed by atoms with Crippen LogP contribution in [0.5, 0.6) is 0 Å². The zero-order chi connectivity index (χ0) is 17.1. The standard InChI is InChI=1S/C21H26N2O2/c1-4-14-13-11-18-20-16(9-10-22(18)2)15-7-5-6-8-17(15)23(20)19(12-13)25-21(14)24-3/h4-8,13,18-19,21H,9-12H2,1-3H3/b14-4+/t13-,18+,19-,21+/m1/s1. The molecule has 0 aliphatic carbocycles. The van der Waals surface area contributed by atoms with Gasteiger partial charge in [0.05, 0.1) is 11.6 Å². The number of nitrogens with zero attached hydrogens (tertiary/aromatic N) is 2. The summed E-state index contributed by atoms with van der Waals surface area (Å²) in [5.74, 6) is 0.519. The predicted octanol–water partition coefficient (Wildman–Crippen LogP) is 4.03. The van der Waals surface area contributed by atoms with Crippen LogP contribution in [0.15, 0.2) is 35.9 Å². The molecule has 25 heavy (non-hydrogen) atoms. The Balaban J connectivity index is 1.76. The maximum atomic E-state index is 6.44. The Kier molecular flexibility index (Phi) is 3.56. The van der Waals surface area contributed by atoms with Crippen LogP contribution in [0.3, 0.4) is 0 Å². The molecule has 1 aromatic heterocycles. The molecule has 5 rings (SSSR count). The number of methoxy groups -OCH3 is 1. The first-order valence-electron chi connectivity index (χ1n) is 9.39. The molecule has 0 saturated carbocycles. The van der Waals surface area contributed by atoms with E-state index < -0.39 is 0 Å². The lowest BCUT2D eigenvalue weighted by atomic mass is 9.84. The zero-order valence-electron chi connectivity index (χ0n) is 15.2. The van der Waals surface area contributed by atoms with Crippen LogP contribution in [0, 0.1) is 5.92 Å². The summed E-state index contributed by atoms with van der Waals surface area (Å²) in [5, 5.41) is 1.41. The Labute approximate surface area is 149 Å². The number of fused-ring (bicyclic) bond motifs is 6. The first-order valence-corrected chi connectivity index (χ1v) is 9.39. The third-order valence-corrected chi connectivity index (χ3v) is 6.47. The summed E-state index contributed by atoms with van der Waals surface area (Å²) in [4.78, 5) is 2.54. The molecule has 1 saturated heterocycles. The van der Waals surface area contributed by atoms with Gasteiger partial charge in [0.15, 0.2) is 6.29 Å². The topological polar surface area (TPSA) is 26.6 Å². The van der Waals surface area contributed by atoms with Crippen molar-refractivity contribution in [2.24, 2.45) is 5.92 Å². The molecular formula is C21H26N2O2. The number of benzene rings is 1. The van der Waals surface area contributed by atoms with Crippen LogP contribution in [-0.4, -0.2) is 36.5 Å². The first kappa shape index (κ1) is 15.6. The lowest BCUT2D eigenvalue weighted by Gasteiger charge is -2.37. The summed E-state index contributed by atoms with van der Waals surface area (Å²) >= 11 is 0. The van der Waals surface area contributed by atoms with Gasteiger partial charge in [-0.2, -0.15) is 0 Å². The lowest BCUT2D eigenvalue weighted by molar-refractivity contribution is -0.182. The number of ether oxygens (including phenoxy) is 2. The number of likely N-dealkylation sites (N-methyl/N-ethyl adjacent to an activating group) is 1. The summed E-state index contributed by atoms with van der Waals surface area (Å²) in [6.45, 7) is 3.24. The second-order valence-corrected chi connectivity index (χ2v) is 7.61. The minimum absolute atomic E-state index is 0.0591. The summed E-state index contributed by atoms with van der Waals surface area (Å²) in [7, 11) is 4.03. The third-order valence-electron chi connectivity index (χ3n) is 6.47. The van der Waals surface area contributed by atoms with Crippen LogP contribution in [0.1, 0.15) is 43.3 Å². The van der Waals surface area contributed by atoms with Crippen molar-refractivity contribution in [3.8, 4) is 0 Å². The van der Waals surface area contributed by atoms with Gasteiger partial charge in [0, 0.05) is 24.7 Å². The Hall–Kier alpha value is -1.62. The maximum Gasteiger partial charge on any atom is 0.182 e. The van der Waals surface area contributed by atoms with E-state index in [1.807, 2.05) is 0 Å².